The van der Waals surface area contributed by atoms with Crippen molar-refractivity contribution in [2.24, 2.45) is 4.99 Å². The molecular formula is C22H18N4O2. The molecule has 3 heterocycles. The SMILES string of the molecule is C#Cc1ccc2c(c1)C(c1ccccn1)=N[C@H](C)c1c(C(=O)OCC)ncn1-2. The highest BCUT2D eigenvalue weighted by molar-refractivity contribution is 6.14. The first-order valence-corrected chi connectivity index (χ1v) is 8.99. The summed E-state index contributed by atoms with van der Waals surface area (Å²) in [5.74, 6) is 2.21. The Morgan fingerprint density at radius 1 is 1.29 bits per heavy atom. The number of rotatable bonds is 3. The van der Waals surface area contributed by atoms with E-state index in [1.54, 1.807) is 19.4 Å². The van der Waals surface area contributed by atoms with Gasteiger partial charge < -0.3 is 4.74 Å². The number of aliphatic imine (C=N–C) groups is 1. The van der Waals surface area contributed by atoms with Crippen LogP contribution in [0.5, 0.6) is 0 Å². The normalized spacial score (nSPS) is 14.9. The summed E-state index contributed by atoms with van der Waals surface area (Å²) in [5.41, 5.74) is 4.83. The topological polar surface area (TPSA) is 69.4 Å². The maximum absolute atomic E-state index is 12.4. The number of fused-ring (bicyclic) bond motifs is 3. The lowest BCUT2D eigenvalue weighted by Gasteiger charge is -2.12. The molecule has 1 atom stereocenters. The quantitative estimate of drug-likeness (QED) is 0.524. The van der Waals surface area contributed by atoms with Crippen molar-refractivity contribution in [3.8, 4) is 18.0 Å². The number of pyridine rings is 1. The predicted molar refractivity (Wildman–Crippen MR) is 106 cm³/mol. The molecule has 0 unspecified atom stereocenters. The second-order valence-corrected chi connectivity index (χ2v) is 6.31. The molecule has 6 nitrogen and oxygen atoms in total. The number of terminal acetylenes is 1. The number of imidazole rings is 1. The van der Waals surface area contributed by atoms with Crippen LogP contribution in [0.4, 0.5) is 0 Å². The molecule has 1 aliphatic heterocycles. The van der Waals surface area contributed by atoms with Gasteiger partial charge in [0.25, 0.3) is 0 Å². The molecule has 2 aromatic heterocycles. The van der Waals surface area contributed by atoms with E-state index in [0.29, 0.717) is 5.69 Å². The van der Waals surface area contributed by atoms with Crippen molar-refractivity contribution < 1.29 is 9.53 Å². The monoisotopic (exact) mass is 370 g/mol. The van der Waals surface area contributed by atoms with Crippen molar-refractivity contribution in [2.75, 3.05) is 6.61 Å². The van der Waals surface area contributed by atoms with Crippen molar-refractivity contribution >= 4 is 11.7 Å². The minimum absolute atomic E-state index is 0.271. The molecule has 28 heavy (non-hydrogen) atoms. The van der Waals surface area contributed by atoms with Gasteiger partial charge in [-0.05, 0) is 44.2 Å². The van der Waals surface area contributed by atoms with Gasteiger partial charge in [-0.3, -0.25) is 14.5 Å². The highest BCUT2D eigenvalue weighted by atomic mass is 16.5. The Bertz CT molecular complexity index is 1120. The average molecular weight is 370 g/mol. The molecule has 0 aliphatic carbocycles. The summed E-state index contributed by atoms with van der Waals surface area (Å²) in [5, 5.41) is 0. The van der Waals surface area contributed by atoms with Gasteiger partial charge >= 0.3 is 5.97 Å². The molecule has 0 radical (unpaired) electrons. The van der Waals surface area contributed by atoms with E-state index >= 15 is 0 Å². The summed E-state index contributed by atoms with van der Waals surface area (Å²) < 4.78 is 7.06. The molecule has 0 bridgehead atoms. The summed E-state index contributed by atoms with van der Waals surface area (Å²) >= 11 is 0. The van der Waals surface area contributed by atoms with E-state index in [1.165, 1.54) is 0 Å². The van der Waals surface area contributed by atoms with Crippen molar-refractivity contribution in [2.45, 2.75) is 19.9 Å². The molecule has 1 aliphatic rings. The Labute approximate surface area is 162 Å². The molecule has 0 amide bonds. The molecule has 138 valence electrons. The van der Waals surface area contributed by atoms with Crippen molar-refractivity contribution in [1.29, 1.82) is 0 Å². The molecule has 0 spiro atoms. The number of carbonyl (C=O) groups excluding carboxylic acids is 1. The highest BCUT2D eigenvalue weighted by Crippen LogP contribution is 2.32. The number of ether oxygens (including phenoxy) is 1. The molecule has 0 N–H and O–H groups in total. The molecule has 0 fully saturated rings. The summed E-state index contributed by atoms with van der Waals surface area (Å²) in [6, 6.07) is 11.0. The fraction of sp³-hybridized carbons (Fsp3) is 0.182. The Morgan fingerprint density at radius 3 is 2.86 bits per heavy atom. The zero-order valence-electron chi connectivity index (χ0n) is 15.6. The Balaban J connectivity index is 1.99. The summed E-state index contributed by atoms with van der Waals surface area (Å²) in [6.45, 7) is 3.97. The van der Waals surface area contributed by atoms with Crippen LogP contribution >= 0.6 is 0 Å². The predicted octanol–water partition coefficient (Wildman–Crippen LogP) is 3.34. The van der Waals surface area contributed by atoms with E-state index in [1.807, 2.05) is 47.9 Å². The summed E-state index contributed by atoms with van der Waals surface area (Å²) in [6.07, 6.45) is 8.97. The van der Waals surface area contributed by atoms with Crippen LogP contribution in [0.1, 0.15) is 52.9 Å². The Hall–Kier alpha value is -3.72. The maximum atomic E-state index is 12.4. The second-order valence-electron chi connectivity index (χ2n) is 6.31. The number of esters is 1. The van der Waals surface area contributed by atoms with Gasteiger partial charge in [-0.2, -0.15) is 0 Å². The number of aromatic nitrogens is 3. The van der Waals surface area contributed by atoms with Crippen LogP contribution in [0.3, 0.4) is 0 Å². The number of carbonyl (C=O) groups is 1. The third kappa shape index (κ3) is 2.87. The zero-order valence-corrected chi connectivity index (χ0v) is 15.6. The summed E-state index contributed by atoms with van der Waals surface area (Å²) in [7, 11) is 0. The van der Waals surface area contributed by atoms with Gasteiger partial charge in [0.1, 0.15) is 6.33 Å². The number of hydrogen-bond donors (Lipinski definition) is 0. The van der Waals surface area contributed by atoms with Crippen molar-refractivity contribution in [1.82, 2.24) is 14.5 Å². The van der Waals surface area contributed by atoms with Crippen LogP contribution in [-0.2, 0) is 4.74 Å². The van der Waals surface area contributed by atoms with Crippen molar-refractivity contribution in [3.63, 3.8) is 0 Å². The number of benzene rings is 1. The average Bonchev–Trinajstić information content (AvgIpc) is 3.13. The first-order chi connectivity index (χ1) is 13.6. The standard InChI is InChI=1S/C22H18N4O2/c1-4-15-9-10-18-16(12-15)19(17-8-6-7-11-23-17)25-14(3)21-20(22(27)28-5-2)24-13-26(18)21/h1,6-14H,5H2,2-3H3/t14-/m1/s1. The van der Waals surface area contributed by atoms with Crippen molar-refractivity contribution in [3.05, 3.63) is 77.1 Å². The highest BCUT2D eigenvalue weighted by Gasteiger charge is 2.29. The van der Waals surface area contributed by atoms with E-state index < -0.39 is 5.97 Å². The van der Waals surface area contributed by atoms with E-state index in [9.17, 15) is 4.79 Å². The molecule has 0 saturated carbocycles. The van der Waals surface area contributed by atoms with Gasteiger partial charge in [0.2, 0.25) is 0 Å². The zero-order chi connectivity index (χ0) is 19.7. The van der Waals surface area contributed by atoms with Gasteiger partial charge in [-0.15, -0.1) is 6.42 Å². The molecular weight excluding hydrogens is 352 g/mol. The van der Waals surface area contributed by atoms with E-state index in [0.717, 1.165) is 28.2 Å². The van der Waals surface area contributed by atoms with Crippen LogP contribution in [0.2, 0.25) is 0 Å². The molecule has 3 aromatic rings. The Kier molecular flexibility index (Phi) is 4.50. The fourth-order valence-electron chi connectivity index (χ4n) is 3.36. The van der Waals surface area contributed by atoms with Crippen LogP contribution in [-0.4, -0.2) is 32.8 Å². The first kappa shape index (κ1) is 17.7. The lowest BCUT2D eigenvalue weighted by atomic mass is 10.0. The van der Waals surface area contributed by atoms with Gasteiger partial charge in [0.05, 0.1) is 35.4 Å². The van der Waals surface area contributed by atoms with Gasteiger partial charge in [0, 0.05) is 17.3 Å². The van der Waals surface area contributed by atoms with Crippen LogP contribution in [0.15, 0.2) is 53.9 Å². The molecule has 4 rings (SSSR count). The third-order valence-electron chi connectivity index (χ3n) is 4.58. The smallest absolute Gasteiger partial charge is 0.358 e. The van der Waals surface area contributed by atoms with Crippen LogP contribution < -0.4 is 0 Å². The van der Waals surface area contributed by atoms with E-state index in [4.69, 9.17) is 16.2 Å². The first-order valence-electron chi connectivity index (χ1n) is 8.99. The van der Waals surface area contributed by atoms with Crippen LogP contribution in [0.25, 0.3) is 5.69 Å². The van der Waals surface area contributed by atoms with Gasteiger partial charge in [-0.1, -0.05) is 12.0 Å². The lowest BCUT2D eigenvalue weighted by molar-refractivity contribution is 0.0518. The van der Waals surface area contributed by atoms with Gasteiger partial charge in [-0.25, -0.2) is 9.78 Å². The Morgan fingerprint density at radius 2 is 2.14 bits per heavy atom. The number of nitrogens with zero attached hydrogens (tertiary/aromatic N) is 4. The molecule has 1 aromatic carbocycles. The van der Waals surface area contributed by atoms with E-state index in [-0.39, 0.29) is 18.3 Å². The minimum Gasteiger partial charge on any atom is -0.461 e. The third-order valence-corrected chi connectivity index (χ3v) is 4.58. The summed E-state index contributed by atoms with van der Waals surface area (Å²) in [4.78, 5) is 26.1. The molecule has 6 heteroatoms. The fourth-order valence-corrected chi connectivity index (χ4v) is 3.36. The second kappa shape index (κ2) is 7.12. The largest absolute Gasteiger partial charge is 0.461 e. The maximum Gasteiger partial charge on any atom is 0.358 e. The molecule has 0 saturated heterocycles. The number of hydrogen-bond acceptors (Lipinski definition) is 5. The lowest BCUT2D eigenvalue weighted by Crippen LogP contribution is -2.11. The van der Waals surface area contributed by atoms with E-state index in [2.05, 4.69) is 15.9 Å². The van der Waals surface area contributed by atoms with Crippen LogP contribution in [0, 0.1) is 12.3 Å². The van der Waals surface area contributed by atoms with Gasteiger partial charge in [0.15, 0.2) is 5.69 Å². The minimum atomic E-state index is -0.457.